The first-order chi connectivity index (χ1) is 29.5. The lowest BCUT2D eigenvalue weighted by molar-refractivity contribution is 0.563. The zero-order valence-electron chi connectivity index (χ0n) is 33.6. The Labute approximate surface area is 350 Å². The Morgan fingerprint density at radius 1 is 0.350 bits per heavy atom. The molecule has 10 aromatic rings. The van der Waals surface area contributed by atoms with Gasteiger partial charge in [-0.1, -0.05) is 172 Å². The number of hydrogen-bond donors (Lipinski definition) is 0. The summed E-state index contributed by atoms with van der Waals surface area (Å²) in [5.41, 5.74) is 20.0. The summed E-state index contributed by atoms with van der Waals surface area (Å²) in [6.45, 7) is 4.76. The maximum Gasteiger partial charge on any atom is 0.135 e. The number of hydrogen-bond acceptors (Lipinski definition) is 2. The summed E-state index contributed by atoms with van der Waals surface area (Å²) >= 11 is 0. The van der Waals surface area contributed by atoms with Crippen molar-refractivity contribution in [1.82, 2.24) is 0 Å². The molecule has 0 saturated heterocycles. The second-order valence-electron chi connectivity index (χ2n) is 16.8. The lowest BCUT2D eigenvalue weighted by atomic mass is 9.55. The van der Waals surface area contributed by atoms with Crippen molar-refractivity contribution in [2.75, 3.05) is 4.90 Å². The van der Waals surface area contributed by atoms with Crippen LogP contribution in [0.25, 0.3) is 55.3 Å². The van der Waals surface area contributed by atoms with Gasteiger partial charge in [0.2, 0.25) is 0 Å². The van der Waals surface area contributed by atoms with Gasteiger partial charge in [0.05, 0.1) is 5.41 Å². The fourth-order valence-electron chi connectivity index (χ4n) is 10.7. The van der Waals surface area contributed by atoms with E-state index in [2.05, 4.69) is 231 Å². The Balaban J connectivity index is 1.04. The van der Waals surface area contributed by atoms with Crippen LogP contribution in [0.1, 0.15) is 47.2 Å². The van der Waals surface area contributed by atoms with Crippen molar-refractivity contribution in [3.05, 3.63) is 246 Å². The maximum absolute atomic E-state index is 6.57. The molecule has 1 aromatic heterocycles. The van der Waals surface area contributed by atoms with E-state index in [0.717, 1.165) is 39.0 Å². The van der Waals surface area contributed by atoms with Gasteiger partial charge < -0.3 is 9.32 Å². The highest BCUT2D eigenvalue weighted by atomic mass is 16.3. The lowest BCUT2D eigenvalue weighted by Crippen LogP contribution is -2.40. The number of anilines is 3. The quantitative estimate of drug-likeness (QED) is 0.173. The molecule has 0 fully saturated rings. The molecule has 1 spiro atoms. The number of rotatable bonds is 5. The Morgan fingerprint density at radius 3 is 1.53 bits per heavy atom. The zero-order chi connectivity index (χ0) is 40.0. The van der Waals surface area contributed by atoms with Gasteiger partial charge in [-0.3, -0.25) is 0 Å². The Morgan fingerprint density at radius 2 is 0.833 bits per heavy atom. The second-order valence-corrected chi connectivity index (χ2v) is 16.8. The Kier molecular flexibility index (Phi) is 7.52. The minimum absolute atomic E-state index is 0.137. The molecule has 2 aliphatic rings. The van der Waals surface area contributed by atoms with Crippen molar-refractivity contribution in [1.29, 1.82) is 0 Å². The van der Waals surface area contributed by atoms with Crippen molar-refractivity contribution in [3.63, 3.8) is 0 Å². The van der Waals surface area contributed by atoms with Gasteiger partial charge in [-0.2, -0.15) is 0 Å². The average Bonchev–Trinajstić information content (AvgIpc) is 3.83. The fraction of sp³-hybridized carbons (Fsp3) is 0.0690. The van der Waals surface area contributed by atoms with E-state index in [4.69, 9.17) is 4.42 Å². The first kappa shape index (κ1) is 34.6. The van der Waals surface area contributed by atoms with Crippen LogP contribution in [-0.4, -0.2) is 0 Å². The molecule has 0 N–H and O–H groups in total. The largest absolute Gasteiger partial charge is 0.456 e. The van der Waals surface area contributed by atoms with Crippen molar-refractivity contribution < 1.29 is 4.42 Å². The molecule has 2 aliphatic carbocycles. The minimum atomic E-state index is -0.438. The van der Waals surface area contributed by atoms with Gasteiger partial charge in [-0.25, -0.2) is 0 Å². The summed E-state index contributed by atoms with van der Waals surface area (Å²) in [7, 11) is 0. The number of nitrogens with zero attached hydrogens (tertiary/aromatic N) is 1. The molecule has 0 radical (unpaired) electrons. The van der Waals surface area contributed by atoms with Crippen LogP contribution in [-0.2, 0) is 10.8 Å². The topological polar surface area (TPSA) is 16.4 Å². The molecule has 284 valence electrons. The molecule has 60 heavy (non-hydrogen) atoms. The molecule has 0 atom stereocenters. The highest BCUT2D eigenvalue weighted by Crippen LogP contribution is 2.63. The van der Waals surface area contributed by atoms with Crippen LogP contribution in [0.15, 0.2) is 217 Å². The molecule has 0 aliphatic heterocycles. The highest BCUT2D eigenvalue weighted by Gasteiger charge is 2.53. The Hall–Kier alpha value is -7.42. The maximum atomic E-state index is 6.57. The summed E-state index contributed by atoms with van der Waals surface area (Å²) in [6, 6.07) is 77.8. The summed E-state index contributed by atoms with van der Waals surface area (Å²) in [4.78, 5) is 2.33. The van der Waals surface area contributed by atoms with E-state index < -0.39 is 5.41 Å². The van der Waals surface area contributed by atoms with E-state index in [9.17, 15) is 0 Å². The summed E-state index contributed by atoms with van der Waals surface area (Å²) in [5.74, 6) is 0. The van der Waals surface area contributed by atoms with Gasteiger partial charge in [0.15, 0.2) is 0 Å². The summed E-state index contributed by atoms with van der Waals surface area (Å²) < 4.78 is 6.57. The number of fused-ring (bicyclic) bond motifs is 12. The third kappa shape index (κ3) is 4.88. The van der Waals surface area contributed by atoms with E-state index in [0.29, 0.717) is 0 Å². The monoisotopic (exact) mass is 767 g/mol. The first-order valence-electron chi connectivity index (χ1n) is 20.9. The standard InChI is InChI=1S/C58H41NO/c1-57(2)49-23-11-13-25-51(49)58(52-26-14-12-24-50(52)57)48-22-10-9-20-45(48)56-44(21-15-27-53(56)58)40-30-34-54-46(36-40)47-37-43(33-35-55(47)60-54)59(41-18-7-4-8-19-41)42-31-28-39(29-32-42)38-16-5-3-6-17-38/h3-37H,1-2H3. The smallest absolute Gasteiger partial charge is 0.135 e. The average molecular weight is 768 g/mol. The van der Waals surface area contributed by atoms with E-state index >= 15 is 0 Å². The van der Waals surface area contributed by atoms with Gasteiger partial charge in [-0.15, -0.1) is 0 Å². The third-order valence-electron chi connectivity index (χ3n) is 13.3. The molecule has 2 heteroatoms. The van der Waals surface area contributed by atoms with Crippen molar-refractivity contribution in [3.8, 4) is 33.4 Å². The van der Waals surface area contributed by atoms with Gasteiger partial charge in [-0.05, 0) is 121 Å². The number of furan rings is 1. The molecule has 0 unspecified atom stereocenters. The fourth-order valence-corrected chi connectivity index (χ4v) is 10.7. The predicted molar refractivity (Wildman–Crippen MR) is 249 cm³/mol. The summed E-state index contributed by atoms with van der Waals surface area (Å²) in [6.07, 6.45) is 0. The Bertz CT molecular complexity index is 3230. The molecular formula is C58H41NO. The van der Waals surface area contributed by atoms with Crippen molar-refractivity contribution in [2.45, 2.75) is 24.7 Å². The van der Waals surface area contributed by atoms with Crippen LogP contribution in [0, 0.1) is 0 Å². The van der Waals surface area contributed by atoms with Gasteiger partial charge in [0, 0.05) is 33.2 Å². The zero-order valence-corrected chi connectivity index (χ0v) is 33.6. The van der Waals surface area contributed by atoms with E-state index in [1.54, 1.807) is 0 Å². The van der Waals surface area contributed by atoms with Crippen LogP contribution >= 0.6 is 0 Å². The van der Waals surface area contributed by atoms with Crippen LogP contribution < -0.4 is 4.90 Å². The predicted octanol–water partition coefficient (Wildman–Crippen LogP) is 15.4. The van der Waals surface area contributed by atoms with Crippen molar-refractivity contribution >= 4 is 39.0 Å². The van der Waals surface area contributed by atoms with E-state index in [1.165, 1.54) is 66.8 Å². The molecule has 0 saturated carbocycles. The highest BCUT2D eigenvalue weighted by molar-refractivity contribution is 6.09. The molecule has 0 bridgehead atoms. The molecule has 9 aromatic carbocycles. The third-order valence-corrected chi connectivity index (χ3v) is 13.3. The molecule has 12 rings (SSSR count). The molecule has 2 nitrogen and oxygen atoms in total. The van der Waals surface area contributed by atoms with Gasteiger partial charge in [0.1, 0.15) is 11.2 Å². The first-order valence-corrected chi connectivity index (χ1v) is 20.9. The molecular weight excluding hydrogens is 727 g/mol. The van der Waals surface area contributed by atoms with Crippen LogP contribution in [0.4, 0.5) is 17.1 Å². The number of para-hydroxylation sites is 1. The lowest BCUT2D eigenvalue weighted by Gasteiger charge is -2.46. The van der Waals surface area contributed by atoms with E-state index in [-0.39, 0.29) is 5.41 Å². The van der Waals surface area contributed by atoms with Gasteiger partial charge >= 0.3 is 0 Å². The SMILES string of the molecule is CC1(C)c2ccccc2C2(c3ccccc3-c3c(-c4ccc5oc6ccc(N(c7ccccc7)c7ccc(-c8ccccc8)cc7)cc6c5c4)cccc32)c2ccccc21. The van der Waals surface area contributed by atoms with Crippen LogP contribution in [0.5, 0.6) is 0 Å². The van der Waals surface area contributed by atoms with Crippen LogP contribution in [0.3, 0.4) is 0 Å². The normalized spacial score (nSPS) is 14.1. The molecule has 1 heterocycles. The van der Waals surface area contributed by atoms with Gasteiger partial charge in [0.25, 0.3) is 0 Å². The minimum Gasteiger partial charge on any atom is -0.456 e. The van der Waals surface area contributed by atoms with Crippen molar-refractivity contribution in [2.24, 2.45) is 0 Å². The number of benzene rings is 9. The molecule has 0 amide bonds. The summed E-state index contributed by atoms with van der Waals surface area (Å²) in [5, 5.41) is 2.19. The van der Waals surface area contributed by atoms with Crippen LogP contribution in [0.2, 0.25) is 0 Å². The van der Waals surface area contributed by atoms with E-state index in [1.807, 2.05) is 0 Å². The second kappa shape index (κ2) is 13.0.